The van der Waals surface area contributed by atoms with Crippen molar-refractivity contribution >= 4 is 65.4 Å². The number of hydrogen-bond acceptors (Lipinski definition) is 0. The Morgan fingerprint density at radius 3 is 1.37 bits per heavy atom. The summed E-state index contributed by atoms with van der Waals surface area (Å²) in [4.78, 5) is 0. The molecule has 216 valence electrons. The van der Waals surface area contributed by atoms with Crippen molar-refractivity contribution in [2.45, 2.75) is 6.92 Å². The standard InChI is InChI=1S/C43H29N3/c1-28-21-23-36-34-15-4-8-19-40(34)46(43(36)25-28)31-22-24-42-37(27-31)35-16-5-9-20-41(35)45(42)30-12-10-11-29(26-30)44-38-17-6-2-13-32(38)33-14-3-7-18-39(33)44/h2-27H,1H3/i2D,3D,4D,5D,6D,7D,8D,9D,13D,14D,15D,16D,17D,18D,19D,20D,21D,22D,23D,24D,25D,27D. The van der Waals surface area contributed by atoms with Gasteiger partial charge in [-0.25, -0.2) is 0 Å². The summed E-state index contributed by atoms with van der Waals surface area (Å²) in [6, 6.07) is -8.20. The second kappa shape index (κ2) is 9.47. The smallest absolute Gasteiger partial charge is 0.0652 e. The lowest BCUT2D eigenvalue weighted by atomic mass is 10.1. The summed E-state index contributed by atoms with van der Waals surface area (Å²) < 4.78 is 200. The predicted octanol–water partition coefficient (Wildman–Crippen LogP) is 11.3. The SMILES string of the molecule is [2H]c1c([2H])c([2H])c2c(c1[2H])c1c([2H])c([2H])c([2H])c([2H])c1n2-c1cccc(-n2c3c([2H])c([2H])c([2H])c([2H])c3c3c([2H])c(-n4c5c([2H])c([2H])c([2H])c([2H])c5c5c([2H])c([2H])c(C)c([2H])c54)c([2H])c([2H])c32)c1. The Morgan fingerprint density at radius 1 is 0.391 bits per heavy atom. The molecular formula is C43H29N3. The summed E-state index contributed by atoms with van der Waals surface area (Å²) in [6.45, 7) is 1.38. The number of para-hydroxylation sites is 4. The lowest BCUT2D eigenvalue weighted by Gasteiger charge is -2.13. The van der Waals surface area contributed by atoms with Gasteiger partial charge < -0.3 is 13.7 Å². The summed E-state index contributed by atoms with van der Waals surface area (Å²) in [5, 5.41) is -1.58. The van der Waals surface area contributed by atoms with Crippen LogP contribution in [0.15, 0.2) is 157 Å². The molecule has 3 heterocycles. The Bertz CT molecular complexity index is 3920. The van der Waals surface area contributed by atoms with Crippen molar-refractivity contribution in [1.82, 2.24) is 13.7 Å². The largest absolute Gasteiger partial charge is 0.309 e. The third kappa shape index (κ3) is 3.48. The van der Waals surface area contributed by atoms with Crippen molar-refractivity contribution in [2.24, 2.45) is 0 Å². The molecule has 7 aromatic carbocycles. The maximum atomic E-state index is 9.92. The van der Waals surface area contributed by atoms with Crippen LogP contribution in [0.4, 0.5) is 0 Å². The summed E-state index contributed by atoms with van der Waals surface area (Å²) in [7, 11) is 0. The van der Waals surface area contributed by atoms with E-state index in [0.29, 0.717) is 0 Å². The Kier molecular flexibility index (Phi) is 2.48. The van der Waals surface area contributed by atoms with Crippen LogP contribution < -0.4 is 0 Å². The van der Waals surface area contributed by atoms with E-state index >= 15 is 0 Å². The molecule has 0 bridgehead atoms. The topological polar surface area (TPSA) is 14.8 Å². The normalized spacial score (nSPS) is 18.7. The first kappa shape index (κ1) is 12.0. The van der Waals surface area contributed by atoms with Gasteiger partial charge in [0.25, 0.3) is 0 Å². The fourth-order valence-corrected chi connectivity index (χ4v) is 6.15. The van der Waals surface area contributed by atoms with Crippen LogP contribution in [0.2, 0.25) is 0 Å². The molecule has 0 fully saturated rings. The maximum absolute atomic E-state index is 9.92. The lowest BCUT2D eigenvalue weighted by molar-refractivity contribution is 1.13. The summed E-state index contributed by atoms with van der Waals surface area (Å²) in [5.74, 6) is 0. The molecule has 0 N–H and O–H groups in total. The van der Waals surface area contributed by atoms with E-state index in [4.69, 9.17) is 21.9 Å². The van der Waals surface area contributed by atoms with Crippen molar-refractivity contribution < 1.29 is 30.2 Å². The zero-order chi connectivity index (χ0) is 49.5. The second-order valence-electron chi connectivity index (χ2n) is 10.6. The molecule has 0 unspecified atom stereocenters. The van der Waals surface area contributed by atoms with Crippen LogP contribution in [0, 0.1) is 6.92 Å². The summed E-state index contributed by atoms with van der Waals surface area (Å²) in [5.41, 5.74) is -2.21. The minimum atomic E-state index is -0.767. The van der Waals surface area contributed by atoms with Gasteiger partial charge >= 0.3 is 0 Å². The Labute approximate surface area is 296 Å². The van der Waals surface area contributed by atoms with Crippen molar-refractivity contribution in [3.63, 3.8) is 0 Å². The molecule has 0 atom stereocenters. The monoisotopic (exact) mass is 609 g/mol. The van der Waals surface area contributed by atoms with E-state index in [9.17, 15) is 8.22 Å². The molecule has 0 aliphatic carbocycles. The predicted molar refractivity (Wildman–Crippen MR) is 194 cm³/mol. The highest BCUT2D eigenvalue weighted by molar-refractivity contribution is 6.13. The van der Waals surface area contributed by atoms with Crippen LogP contribution in [-0.2, 0) is 0 Å². The van der Waals surface area contributed by atoms with Crippen LogP contribution in [0.5, 0.6) is 0 Å². The molecule has 0 aliphatic rings. The van der Waals surface area contributed by atoms with Gasteiger partial charge in [-0.2, -0.15) is 0 Å². The van der Waals surface area contributed by atoms with E-state index in [1.807, 2.05) is 0 Å². The molecule has 0 aliphatic heterocycles. The zero-order valence-electron chi connectivity index (χ0n) is 45.7. The number of benzene rings is 7. The van der Waals surface area contributed by atoms with Crippen LogP contribution in [0.25, 0.3) is 82.5 Å². The zero-order valence-corrected chi connectivity index (χ0v) is 23.7. The molecule has 10 rings (SSSR count). The highest BCUT2D eigenvalue weighted by Crippen LogP contribution is 2.38. The van der Waals surface area contributed by atoms with Gasteiger partial charge in [-0.15, -0.1) is 0 Å². The van der Waals surface area contributed by atoms with Gasteiger partial charge in [0.15, 0.2) is 0 Å². The van der Waals surface area contributed by atoms with Gasteiger partial charge in [-0.1, -0.05) is 90.7 Å². The van der Waals surface area contributed by atoms with Crippen molar-refractivity contribution in [3.8, 4) is 17.1 Å². The van der Waals surface area contributed by atoms with E-state index < -0.39 is 139 Å². The molecule has 3 aromatic heterocycles. The van der Waals surface area contributed by atoms with E-state index in [0.717, 1.165) is 4.57 Å². The highest BCUT2D eigenvalue weighted by atomic mass is 15.0. The molecule has 3 nitrogen and oxygen atoms in total. The number of hydrogen-bond donors (Lipinski definition) is 0. The van der Waals surface area contributed by atoms with Crippen molar-refractivity contribution in [3.05, 3.63) is 163 Å². The maximum Gasteiger partial charge on any atom is 0.0652 e. The van der Waals surface area contributed by atoms with Gasteiger partial charge in [0.1, 0.15) is 0 Å². The average molecular weight is 610 g/mol. The van der Waals surface area contributed by atoms with Crippen LogP contribution in [-0.4, -0.2) is 13.7 Å². The minimum Gasteiger partial charge on any atom is -0.309 e. The van der Waals surface area contributed by atoms with Crippen LogP contribution in [0.1, 0.15) is 35.7 Å². The van der Waals surface area contributed by atoms with Gasteiger partial charge in [-0.05, 0) is 79.0 Å². The molecule has 0 spiro atoms. The third-order valence-corrected chi connectivity index (χ3v) is 8.03. The average Bonchev–Trinajstić information content (AvgIpc) is 4.00. The van der Waals surface area contributed by atoms with E-state index in [1.165, 1.54) is 40.3 Å². The molecule has 0 amide bonds. The third-order valence-electron chi connectivity index (χ3n) is 8.03. The van der Waals surface area contributed by atoms with E-state index in [1.54, 1.807) is 0 Å². The molecule has 0 saturated heterocycles. The van der Waals surface area contributed by atoms with Gasteiger partial charge in [0, 0.05) is 49.4 Å². The first-order chi connectivity index (χ1) is 31.9. The minimum absolute atomic E-state index is 0.00104. The fraction of sp³-hybridized carbons (Fsp3) is 0.0233. The fourth-order valence-electron chi connectivity index (χ4n) is 6.15. The molecule has 46 heavy (non-hydrogen) atoms. The van der Waals surface area contributed by atoms with E-state index in [2.05, 4.69) is 0 Å². The number of aromatic nitrogens is 3. The Hall–Kier alpha value is -6.06. The lowest BCUT2D eigenvalue weighted by Crippen LogP contribution is -1.99. The van der Waals surface area contributed by atoms with Gasteiger partial charge in [-0.3, -0.25) is 0 Å². The number of fused-ring (bicyclic) bond motifs is 9. The molecule has 0 saturated carbocycles. The molecule has 3 heteroatoms. The number of nitrogens with zero attached hydrogens (tertiary/aromatic N) is 3. The second-order valence-corrected chi connectivity index (χ2v) is 10.6. The quantitative estimate of drug-likeness (QED) is 0.189. The van der Waals surface area contributed by atoms with E-state index in [-0.39, 0.29) is 82.4 Å². The van der Waals surface area contributed by atoms with Gasteiger partial charge in [0.05, 0.1) is 63.3 Å². The molecule has 0 radical (unpaired) electrons. The molecular weight excluding hydrogens is 558 g/mol. The Balaban J connectivity index is 1.40. The molecule has 10 aromatic rings. The van der Waals surface area contributed by atoms with Crippen LogP contribution in [0.3, 0.4) is 0 Å². The summed E-state index contributed by atoms with van der Waals surface area (Å²) >= 11 is 0. The first-order valence-corrected chi connectivity index (χ1v) is 14.1. The summed E-state index contributed by atoms with van der Waals surface area (Å²) in [6.07, 6.45) is 0. The number of rotatable bonds is 3. The van der Waals surface area contributed by atoms with Gasteiger partial charge in [0.2, 0.25) is 0 Å². The van der Waals surface area contributed by atoms with Crippen LogP contribution >= 0.6 is 0 Å². The highest BCUT2D eigenvalue weighted by Gasteiger charge is 2.18. The Morgan fingerprint density at radius 2 is 0.826 bits per heavy atom. The van der Waals surface area contributed by atoms with Crippen molar-refractivity contribution in [1.29, 1.82) is 0 Å². The van der Waals surface area contributed by atoms with Crippen molar-refractivity contribution in [2.75, 3.05) is 0 Å². The first-order valence-electron chi connectivity index (χ1n) is 25.1.